The molecule has 2 N–H and O–H groups in total. The Hall–Kier alpha value is -1.81. The van der Waals surface area contributed by atoms with Crippen LogP contribution in [-0.4, -0.2) is 11.6 Å². The molecule has 2 aromatic rings. The quantitative estimate of drug-likeness (QED) is 0.853. The van der Waals surface area contributed by atoms with E-state index >= 15 is 0 Å². The zero-order valence-corrected chi connectivity index (χ0v) is 9.09. The fraction of sp³-hybridized carbons (Fsp3) is 0.250. The summed E-state index contributed by atoms with van der Waals surface area (Å²) in [6.07, 6.45) is 3.35. The van der Waals surface area contributed by atoms with E-state index in [-0.39, 0.29) is 6.04 Å². The predicted octanol–water partition coefficient (Wildman–Crippen LogP) is 2.06. The Bertz CT molecular complexity index is 439. The number of aryl methyl sites for hydroxylation is 1. The zero-order chi connectivity index (χ0) is 11.4. The molecule has 0 spiro atoms. The van der Waals surface area contributed by atoms with Gasteiger partial charge >= 0.3 is 0 Å². The number of ether oxygens (including phenoxy) is 1. The molecule has 0 aromatic carbocycles. The Kier molecular flexibility index (Phi) is 3.22. The lowest BCUT2D eigenvalue weighted by Gasteiger charge is -2.10. The second-order valence-corrected chi connectivity index (χ2v) is 3.55. The summed E-state index contributed by atoms with van der Waals surface area (Å²) in [5, 5.41) is 0. The van der Waals surface area contributed by atoms with Gasteiger partial charge in [-0.3, -0.25) is 4.98 Å². The lowest BCUT2D eigenvalue weighted by molar-refractivity contribution is 0.270. The minimum atomic E-state index is -0.256. The van der Waals surface area contributed by atoms with Gasteiger partial charge in [0.05, 0.1) is 12.2 Å². The number of aromatic nitrogens is 1. The van der Waals surface area contributed by atoms with Gasteiger partial charge in [0.1, 0.15) is 23.9 Å². The van der Waals surface area contributed by atoms with Crippen molar-refractivity contribution in [2.24, 2.45) is 5.73 Å². The Morgan fingerprint density at radius 2 is 2.31 bits per heavy atom. The summed E-state index contributed by atoms with van der Waals surface area (Å²) in [6.45, 7) is 2.26. The van der Waals surface area contributed by atoms with Gasteiger partial charge in [-0.2, -0.15) is 0 Å². The number of furan rings is 1. The van der Waals surface area contributed by atoms with E-state index < -0.39 is 0 Å². The van der Waals surface area contributed by atoms with Crippen LogP contribution < -0.4 is 10.5 Å². The average Bonchev–Trinajstić information content (AvgIpc) is 2.74. The van der Waals surface area contributed by atoms with Crippen LogP contribution in [0.5, 0.6) is 5.75 Å². The van der Waals surface area contributed by atoms with Gasteiger partial charge in [-0.25, -0.2) is 0 Å². The molecule has 4 heteroatoms. The summed E-state index contributed by atoms with van der Waals surface area (Å²) in [5.74, 6) is 2.30. The van der Waals surface area contributed by atoms with Crippen molar-refractivity contribution in [3.63, 3.8) is 0 Å². The molecule has 2 aromatic heterocycles. The molecule has 2 heterocycles. The van der Waals surface area contributed by atoms with E-state index in [1.807, 2.05) is 31.2 Å². The molecule has 1 unspecified atom stereocenters. The molecule has 0 saturated heterocycles. The summed E-state index contributed by atoms with van der Waals surface area (Å²) in [5.41, 5.74) is 5.92. The molecule has 4 nitrogen and oxygen atoms in total. The smallest absolute Gasteiger partial charge is 0.137 e. The van der Waals surface area contributed by atoms with Crippen LogP contribution in [0.2, 0.25) is 0 Å². The normalized spacial score (nSPS) is 12.4. The molecule has 0 aliphatic rings. The highest BCUT2D eigenvalue weighted by molar-refractivity contribution is 5.16. The summed E-state index contributed by atoms with van der Waals surface area (Å²) in [6, 6.07) is 7.16. The van der Waals surface area contributed by atoms with E-state index in [0.717, 1.165) is 11.5 Å². The standard InChI is InChI=1S/C12H14N2O2/c1-9-4-5-12(16-9)11(13)8-15-10-3-2-6-14-7-10/h2-7,11H,8,13H2,1H3. The van der Waals surface area contributed by atoms with Gasteiger partial charge in [-0.15, -0.1) is 0 Å². The molecule has 84 valence electrons. The highest BCUT2D eigenvalue weighted by Crippen LogP contribution is 2.15. The Balaban J connectivity index is 1.91. The zero-order valence-electron chi connectivity index (χ0n) is 9.09. The van der Waals surface area contributed by atoms with E-state index in [4.69, 9.17) is 14.9 Å². The van der Waals surface area contributed by atoms with Gasteiger partial charge in [0.25, 0.3) is 0 Å². The van der Waals surface area contributed by atoms with E-state index in [9.17, 15) is 0 Å². The van der Waals surface area contributed by atoms with Crippen molar-refractivity contribution in [1.82, 2.24) is 4.98 Å². The maximum atomic E-state index is 5.92. The first-order valence-corrected chi connectivity index (χ1v) is 5.10. The molecular formula is C12H14N2O2. The van der Waals surface area contributed by atoms with Gasteiger partial charge in [-0.05, 0) is 31.2 Å². The molecular weight excluding hydrogens is 204 g/mol. The molecule has 0 radical (unpaired) electrons. The van der Waals surface area contributed by atoms with Crippen molar-refractivity contribution < 1.29 is 9.15 Å². The van der Waals surface area contributed by atoms with Crippen molar-refractivity contribution in [3.05, 3.63) is 48.2 Å². The molecule has 16 heavy (non-hydrogen) atoms. The molecule has 0 amide bonds. The second kappa shape index (κ2) is 4.81. The largest absolute Gasteiger partial charge is 0.490 e. The average molecular weight is 218 g/mol. The number of pyridine rings is 1. The minimum Gasteiger partial charge on any atom is -0.490 e. The molecule has 2 rings (SSSR count). The van der Waals surface area contributed by atoms with Crippen molar-refractivity contribution in [3.8, 4) is 5.75 Å². The van der Waals surface area contributed by atoms with Crippen LogP contribution >= 0.6 is 0 Å². The summed E-state index contributed by atoms with van der Waals surface area (Å²) in [4.78, 5) is 3.95. The first-order valence-electron chi connectivity index (χ1n) is 5.10. The van der Waals surface area contributed by atoms with Gasteiger partial charge in [0.2, 0.25) is 0 Å². The van der Waals surface area contributed by atoms with Gasteiger partial charge in [0, 0.05) is 6.20 Å². The molecule has 0 aliphatic carbocycles. The maximum Gasteiger partial charge on any atom is 0.137 e. The molecule has 0 aliphatic heterocycles. The van der Waals surface area contributed by atoms with Crippen molar-refractivity contribution in [2.75, 3.05) is 6.61 Å². The highest BCUT2D eigenvalue weighted by atomic mass is 16.5. The number of hydrogen-bond donors (Lipinski definition) is 1. The van der Waals surface area contributed by atoms with Crippen LogP contribution in [-0.2, 0) is 0 Å². The van der Waals surface area contributed by atoms with Crippen molar-refractivity contribution >= 4 is 0 Å². The number of rotatable bonds is 4. The first-order chi connectivity index (χ1) is 7.75. The van der Waals surface area contributed by atoms with Crippen LogP contribution in [0.3, 0.4) is 0 Å². The van der Waals surface area contributed by atoms with E-state index in [0.29, 0.717) is 12.4 Å². The van der Waals surface area contributed by atoms with Crippen LogP contribution in [0.1, 0.15) is 17.6 Å². The van der Waals surface area contributed by atoms with Crippen LogP contribution in [0, 0.1) is 6.92 Å². The number of hydrogen-bond acceptors (Lipinski definition) is 4. The Labute approximate surface area is 94.1 Å². The first kappa shape index (κ1) is 10.7. The Morgan fingerprint density at radius 1 is 1.44 bits per heavy atom. The fourth-order valence-electron chi connectivity index (χ4n) is 1.35. The highest BCUT2D eigenvalue weighted by Gasteiger charge is 2.10. The van der Waals surface area contributed by atoms with Crippen molar-refractivity contribution in [2.45, 2.75) is 13.0 Å². The van der Waals surface area contributed by atoms with Crippen LogP contribution in [0.25, 0.3) is 0 Å². The van der Waals surface area contributed by atoms with E-state index in [1.165, 1.54) is 0 Å². The summed E-state index contributed by atoms with van der Waals surface area (Å²) < 4.78 is 10.9. The van der Waals surface area contributed by atoms with Crippen molar-refractivity contribution in [1.29, 1.82) is 0 Å². The monoisotopic (exact) mass is 218 g/mol. The third kappa shape index (κ3) is 2.61. The van der Waals surface area contributed by atoms with Gasteiger partial charge in [0.15, 0.2) is 0 Å². The summed E-state index contributed by atoms with van der Waals surface area (Å²) in [7, 11) is 0. The number of nitrogens with two attached hydrogens (primary N) is 1. The lowest BCUT2D eigenvalue weighted by atomic mass is 10.2. The van der Waals surface area contributed by atoms with E-state index in [1.54, 1.807) is 12.4 Å². The second-order valence-electron chi connectivity index (χ2n) is 3.55. The fourth-order valence-corrected chi connectivity index (χ4v) is 1.35. The van der Waals surface area contributed by atoms with Crippen LogP contribution in [0.15, 0.2) is 41.1 Å². The third-order valence-electron chi connectivity index (χ3n) is 2.19. The summed E-state index contributed by atoms with van der Waals surface area (Å²) >= 11 is 0. The SMILES string of the molecule is Cc1ccc(C(N)COc2cccnc2)o1. The third-order valence-corrected chi connectivity index (χ3v) is 2.19. The molecule has 1 atom stereocenters. The van der Waals surface area contributed by atoms with Gasteiger partial charge in [-0.1, -0.05) is 0 Å². The lowest BCUT2D eigenvalue weighted by Crippen LogP contribution is -2.18. The molecule has 0 saturated carbocycles. The minimum absolute atomic E-state index is 0.256. The molecule has 0 fully saturated rings. The maximum absolute atomic E-state index is 5.92. The molecule has 0 bridgehead atoms. The van der Waals surface area contributed by atoms with E-state index in [2.05, 4.69) is 4.98 Å². The predicted molar refractivity (Wildman–Crippen MR) is 60.1 cm³/mol. The number of nitrogens with zero attached hydrogens (tertiary/aromatic N) is 1. The van der Waals surface area contributed by atoms with Crippen LogP contribution in [0.4, 0.5) is 0 Å². The Morgan fingerprint density at radius 3 is 2.94 bits per heavy atom. The topological polar surface area (TPSA) is 61.3 Å². The van der Waals surface area contributed by atoms with Gasteiger partial charge < -0.3 is 14.9 Å².